The number of benzene rings is 2. The monoisotopic (exact) mass is 650 g/mol. The summed E-state index contributed by atoms with van der Waals surface area (Å²) in [5.74, 6) is -1.41. The molecule has 0 aliphatic heterocycles. The first kappa shape index (κ1) is 36.5. The largest absolute Gasteiger partial charge is 0.394 e. The maximum atomic E-state index is 11.4. The lowest BCUT2D eigenvalue weighted by atomic mass is 10.0. The van der Waals surface area contributed by atoms with Crippen LogP contribution in [0, 0.1) is 10.1 Å². The molecule has 19 heteroatoms. The second-order valence-corrected chi connectivity index (χ2v) is 11.5. The summed E-state index contributed by atoms with van der Waals surface area (Å²) in [7, 11) is -3.34. The van der Waals surface area contributed by atoms with Crippen LogP contribution in [0.1, 0.15) is 23.3 Å². The van der Waals surface area contributed by atoms with Crippen LogP contribution in [-0.2, 0) is 19.4 Å². The number of hydrogen-bond acceptors (Lipinski definition) is 11. The van der Waals surface area contributed by atoms with E-state index in [0.717, 1.165) is 6.26 Å². The zero-order valence-corrected chi connectivity index (χ0v) is 24.1. The van der Waals surface area contributed by atoms with E-state index in [1.54, 1.807) is 0 Å². The lowest BCUT2D eigenvalue weighted by Gasteiger charge is -2.23. The summed E-state index contributed by atoms with van der Waals surface area (Å²) in [6.45, 7) is -1.55. The van der Waals surface area contributed by atoms with E-state index < -0.39 is 75.5 Å². The zero-order chi connectivity index (χ0) is 32.0. The number of amides is 2. The first-order valence-corrected chi connectivity index (χ1v) is 14.4. The minimum atomic E-state index is -3.34. The molecule has 0 fully saturated rings. The molecule has 0 unspecified atom stereocenters. The Morgan fingerprint density at radius 1 is 0.976 bits per heavy atom. The normalized spacial score (nSPS) is 13.8. The molecule has 16 nitrogen and oxygen atoms in total. The van der Waals surface area contributed by atoms with E-state index in [-0.39, 0.29) is 10.6 Å². The fourth-order valence-electron chi connectivity index (χ4n) is 3.21. The summed E-state index contributed by atoms with van der Waals surface area (Å²) in [5.41, 5.74) is 8.58. The van der Waals surface area contributed by atoms with Gasteiger partial charge in [0.05, 0.1) is 35.1 Å². The van der Waals surface area contributed by atoms with Gasteiger partial charge in [-0.2, -0.15) is 0 Å². The number of nitrogens with zero attached hydrogens (tertiary/aromatic N) is 4. The minimum Gasteiger partial charge on any atom is -0.394 e. The molecule has 42 heavy (non-hydrogen) atoms. The van der Waals surface area contributed by atoms with Gasteiger partial charge in [-0.3, -0.25) is 19.7 Å². The molecular weight excluding hydrogens is 623 g/mol. The molecule has 0 spiro atoms. The van der Waals surface area contributed by atoms with Crippen molar-refractivity contribution >= 4 is 50.5 Å². The van der Waals surface area contributed by atoms with Crippen LogP contribution in [0.4, 0.5) is 5.69 Å². The van der Waals surface area contributed by atoms with Crippen molar-refractivity contribution in [2.75, 3.05) is 26.0 Å². The second-order valence-electron chi connectivity index (χ2n) is 8.42. The van der Waals surface area contributed by atoms with Gasteiger partial charge in [-0.05, 0) is 40.9 Å². The molecule has 0 bridgehead atoms. The summed E-state index contributed by atoms with van der Waals surface area (Å²) in [6, 6.07) is 8.48. The third-order valence-corrected chi connectivity index (χ3v) is 6.93. The van der Waals surface area contributed by atoms with Crippen molar-refractivity contribution in [3.63, 3.8) is 0 Å². The first-order chi connectivity index (χ1) is 19.7. The highest BCUT2D eigenvalue weighted by Crippen LogP contribution is 2.21. The van der Waals surface area contributed by atoms with E-state index in [2.05, 4.69) is 20.7 Å². The molecule has 4 atom stereocenters. The molecule has 0 aliphatic rings. The Labute approximate surface area is 249 Å². The van der Waals surface area contributed by atoms with Crippen molar-refractivity contribution in [1.29, 1.82) is 0 Å². The van der Waals surface area contributed by atoms with E-state index in [1.807, 2.05) is 0 Å². The van der Waals surface area contributed by atoms with E-state index >= 15 is 0 Å². The summed E-state index contributed by atoms with van der Waals surface area (Å²) in [5, 5.41) is 56.7. The quantitative estimate of drug-likeness (QED) is 0.0443. The van der Waals surface area contributed by atoms with Gasteiger partial charge < -0.3 is 31.1 Å². The highest BCUT2D eigenvalue weighted by atomic mass is 35.5. The van der Waals surface area contributed by atoms with Gasteiger partial charge >= 0.3 is 0 Å². The molecule has 0 saturated heterocycles. The zero-order valence-electron chi connectivity index (χ0n) is 21.8. The molecule has 2 rings (SSSR count). The average molecular weight is 651 g/mol. The summed E-state index contributed by atoms with van der Waals surface area (Å²) < 4.78 is 22.7. The Bertz CT molecular complexity index is 1360. The van der Waals surface area contributed by atoms with E-state index in [1.165, 1.54) is 48.5 Å². The van der Waals surface area contributed by atoms with Crippen LogP contribution in [0.5, 0.6) is 0 Å². The third kappa shape index (κ3) is 11.8. The molecule has 0 aliphatic carbocycles. The fourth-order valence-corrected chi connectivity index (χ4v) is 3.97. The van der Waals surface area contributed by atoms with Crippen molar-refractivity contribution in [2.24, 2.45) is 5.11 Å². The number of nitrogens with one attached hydrogen (secondary N) is 2. The highest BCUT2D eigenvalue weighted by Gasteiger charge is 2.25. The van der Waals surface area contributed by atoms with Crippen LogP contribution in [0.2, 0.25) is 0 Å². The number of non-ortho nitro benzene ring substituents is 1. The van der Waals surface area contributed by atoms with Crippen molar-refractivity contribution in [1.82, 2.24) is 10.6 Å². The topological polar surface area (TPSA) is 265 Å². The fraction of sp³-hybridized carbons (Fsp3) is 0.391. The molecule has 2 amide bonds. The van der Waals surface area contributed by atoms with Gasteiger partial charge in [-0.1, -0.05) is 40.4 Å². The van der Waals surface area contributed by atoms with Crippen LogP contribution in [0.25, 0.3) is 10.4 Å². The Morgan fingerprint density at radius 3 is 1.81 bits per heavy atom. The molecule has 0 aromatic heterocycles. The predicted octanol–water partition coefficient (Wildman–Crippen LogP) is 0.820. The van der Waals surface area contributed by atoms with Gasteiger partial charge in [0.1, 0.15) is 18.8 Å². The van der Waals surface area contributed by atoms with Gasteiger partial charge in [0.15, 0.2) is 14.7 Å². The van der Waals surface area contributed by atoms with E-state index in [0.29, 0.717) is 11.1 Å². The number of azide groups is 1. The Morgan fingerprint density at radius 2 is 1.43 bits per heavy atom. The van der Waals surface area contributed by atoms with Gasteiger partial charge in [0, 0.05) is 23.3 Å². The minimum absolute atomic E-state index is 0.101. The predicted molar refractivity (Wildman–Crippen MR) is 150 cm³/mol. The molecule has 0 radical (unpaired) electrons. The molecule has 2 aromatic rings. The van der Waals surface area contributed by atoms with Gasteiger partial charge in [-0.15, -0.1) is 0 Å². The Hall–Kier alpha value is -3.54. The van der Waals surface area contributed by atoms with Gasteiger partial charge in [0.2, 0.25) is 5.91 Å². The Kier molecular flexibility index (Phi) is 15.1. The molecule has 2 aromatic carbocycles. The number of carbonyl (C=O) groups is 2. The number of nitro benzene ring substituents is 1. The van der Waals surface area contributed by atoms with Crippen LogP contribution in [0.3, 0.4) is 0 Å². The number of sulfone groups is 1. The molecular formula is C23H28Cl2N6O10S. The van der Waals surface area contributed by atoms with Crippen molar-refractivity contribution < 1.29 is 43.4 Å². The lowest BCUT2D eigenvalue weighted by molar-refractivity contribution is -0.384. The standard InChI is InChI=1S/C12H15Cl2NO5S.C11H13N5O5/c1-21(19,20)8-4-2-7(3-5-8)10(17)9(6-16)15-12(18)11(13)14;12-15-13-5-10(18)14-9(6-17)11(19)7-1-3-8(4-2-7)16(20)21/h2-5,9-11,16-17H,6H2,1H3,(H,15,18);1-4,9,11,17,19H,5-6H2,(H,14,18)/t9-,10-;9-,11-/m11/s1. The summed E-state index contributed by atoms with van der Waals surface area (Å²) >= 11 is 10.7. The van der Waals surface area contributed by atoms with Crippen LogP contribution in [-0.4, -0.2) is 88.5 Å². The van der Waals surface area contributed by atoms with Crippen LogP contribution >= 0.6 is 23.2 Å². The number of aliphatic hydroxyl groups is 4. The van der Waals surface area contributed by atoms with E-state index in [9.17, 15) is 48.5 Å². The van der Waals surface area contributed by atoms with Crippen LogP contribution < -0.4 is 10.6 Å². The third-order valence-electron chi connectivity index (χ3n) is 5.40. The number of hydrogen-bond donors (Lipinski definition) is 6. The number of rotatable bonds is 13. The SMILES string of the molecule is CS(=O)(=O)c1ccc([C@@H](O)[C@@H](CO)NC(=O)C(Cl)Cl)cc1.[N-]=[N+]=NCC(=O)N[C@H](CO)[C@H](O)c1ccc([N+](=O)[O-])cc1. The number of carbonyl (C=O) groups excluding carboxylic acids is 2. The van der Waals surface area contributed by atoms with Crippen molar-refractivity contribution in [3.8, 4) is 0 Å². The van der Waals surface area contributed by atoms with Gasteiger partial charge in [0.25, 0.3) is 11.6 Å². The number of halogens is 2. The summed E-state index contributed by atoms with van der Waals surface area (Å²) in [6.07, 6.45) is -1.43. The summed E-state index contributed by atoms with van der Waals surface area (Å²) in [4.78, 5) is 33.9. The van der Waals surface area contributed by atoms with Crippen molar-refractivity contribution in [3.05, 3.63) is 80.2 Å². The maximum absolute atomic E-state index is 11.4. The first-order valence-electron chi connectivity index (χ1n) is 11.7. The molecule has 0 saturated carbocycles. The Balaban J connectivity index is 0.000000420. The molecule has 230 valence electrons. The maximum Gasteiger partial charge on any atom is 0.269 e. The van der Waals surface area contributed by atoms with Gasteiger partial charge in [-0.25, -0.2) is 8.42 Å². The van der Waals surface area contributed by atoms with Crippen molar-refractivity contribution in [2.45, 2.75) is 34.0 Å². The van der Waals surface area contributed by atoms with E-state index in [4.69, 9.17) is 28.7 Å². The average Bonchev–Trinajstić information content (AvgIpc) is 2.96. The lowest BCUT2D eigenvalue weighted by Crippen LogP contribution is -2.44. The number of aliphatic hydroxyl groups excluding tert-OH is 4. The smallest absolute Gasteiger partial charge is 0.269 e. The molecule has 6 N–H and O–H groups in total. The number of nitro groups is 1. The molecule has 0 heterocycles. The highest BCUT2D eigenvalue weighted by molar-refractivity contribution is 7.90. The number of alkyl halides is 2. The second kappa shape index (κ2) is 17.4. The van der Waals surface area contributed by atoms with Crippen LogP contribution in [0.15, 0.2) is 58.5 Å².